The minimum atomic E-state index is 0.784. The van der Waals surface area contributed by atoms with Crippen molar-refractivity contribution >= 4 is 0 Å². The van der Waals surface area contributed by atoms with Crippen LogP contribution in [0.5, 0.6) is 0 Å². The minimum absolute atomic E-state index is 0.784. The van der Waals surface area contributed by atoms with Crippen molar-refractivity contribution in [1.82, 2.24) is 10.2 Å². The lowest BCUT2D eigenvalue weighted by Gasteiger charge is -2.33. The molecule has 0 aromatic heterocycles. The standard InChI is InChI=1S/C14H30N2/c1-4-5-6-8-14(3)16-10-7-9-15-11-13(2)12-16/h13-15H,4-12H2,1-3H3. The molecule has 2 heteroatoms. The van der Waals surface area contributed by atoms with Crippen LogP contribution in [0.25, 0.3) is 0 Å². The van der Waals surface area contributed by atoms with E-state index in [1.807, 2.05) is 0 Å². The van der Waals surface area contributed by atoms with Crippen LogP contribution < -0.4 is 5.32 Å². The van der Waals surface area contributed by atoms with Gasteiger partial charge in [-0.05, 0) is 45.3 Å². The number of nitrogens with one attached hydrogen (secondary N) is 1. The summed E-state index contributed by atoms with van der Waals surface area (Å²) in [4.78, 5) is 2.71. The highest BCUT2D eigenvalue weighted by molar-refractivity contribution is 4.74. The third-order valence-corrected chi connectivity index (χ3v) is 3.69. The molecule has 2 unspecified atom stereocenters. The van der Waals surface area contributed by atoms with E-state index in [0.29, 0.717) is 0 Å². The summed E-state index contributed by atoms with van der Waals surface area (Å²) in [6.07, 6.45) is 6.84. The maximum Gasteiger partial charge on any atom is 0.00670 e. The van der Waals surface area contributed by atoms with E-state index in [0.717, 1.165) is 12.0 Å². The Morgan fingerprint density at radius 1 is 1.38 bits per heavy atom. The molecule has 16 heavy (non-hydrogen) atoms. The highest BCUT2D eigenvalue weighted by atomic mass is 15.2. The first-order valence-corrected chi connectivity index (χ1v) is 7.18. The fourth-order valence-electron chi connectivity index (χ4n) is 2.58. The number of hydrogen-bond donors (Lipinski definition) is 1. The van der Waals surface area contributed by atoms with Gasteiger partial charge in [0.1, 0.15) is 0 Å². The molecule has 96 valence electrons. The Labute approximate surface area is 102 Å². The molecule has 0 bridgehead atoms. The largest absolute Gasteiger partial charge is 0.316 e. The van der Waals surface area contributed by atoms with E-state index in [9.17, 15) is 0 Å². The van der Waals surface area contributed by atoms with Crippen molar-refractivity contribution in [3.8, 4) is 0 Å². The van der Waals surface area contributed by atoms with Gasteiger partial charge in [-0.1, -0.05) is 33.1 Å². The maximum absolute atomic E-state index is 3.52. The first-order chi connectivity index (χ1) is 7.74. The zero-order valence-corrected chi connectivity index (χ0v) is 11.5. The zero-order valence-electron chi connectivity index (χ0n) is 11.5. The van der Waals surface area contributed by atoms with Gasteiger partial charge in [0.05, 0.1) is 0 Å². The molecule has 1 heterocycles. The molecule has 0 aromatic carbocycles. The van der Waals surface area contributed by atoms with Crippen LogP contribution in [0, 0.1) is 5.92 Å². The predicted octanol–water partition coefficient (Wildman–Crippen LogP) is 2.89. The molecule has 1 aliphatic rings. The Bertz CT molecular complexity index is 170. The van der Waals surface area contributed by atoms with Gasteiger partial charge in [-0.2, -0.15) is 0 Å². The molecule has 0 aromatic rings. The van der Waals surface area contributed by atoms with Gasteiger partial charge < -0.3 is 10.2 Å². The molecule has 0 amide bonds. The number of nitrogens with zero attached hydrogens (tertiary/aromatic N) is 1. The van der Waals surface area contributed by atoms with E-state index in [2.05, 4.69) is 31.0 Å². The zero-order chi connectivity index (χ0) is 11.8. The molecule has 1 aliphatic heterocycles. The summed E-state index contributed by atoms with van der Waals surface area (Å²) in [5.41, 5.74) is 0. The van der Waals surface area contributed by atoms with Crippen LogP contribution in [-0.4, -0.2) is 37.1 Å². The SMILES string of the molecule is CCCCCC(C)N1CCCNCC(C)C1. The van der Waals surface area contributed by atoms with Gasteiger partial charge in [0.15, 0.2) is 0 Å². The van der Waals surface area contributed by atoms with E-state index in [1.165, 1.54) is 58.3 Å². The molecule has 2 nitrogen and oxygen atoms in total. The van der Waals surface area contributed by atoms with Crippen LogP contribution in [0.1, 0.15) is 52.9 Å². The van der Waals surface area contributed by atoms with Gasteiger partial charge in [-0.15, -0.1) is 0 Å². The number of rotatable bonds is 5. The molecular weight excluding hydrogens is 196 g/mol. The van der Waals surface area contributed by atoms with Crippen molar-refractivity contribution in [3.05, 3.63) is 0 Å². The quantitative estimate of drug-likeness (QED) is 0.725. The van der Waals surface area contributed by atoms with Gasteiger partial charge in [-0.3, -0.25) is 0 Å². The highest BCUT2D eigenvalue weighted by Gasteiger charge is 2.17. The Morgan fingerprint density at radius 2 is 2.19 bits per heavy atom. The van der Waals surface area contributed by atoms with Crippen LogP contribution in [0.4, 0.5) is 0 Å². The van der Waals surface area contributed by atoms with Crippen molar-refractivity contribution in [2.75, 3.05) is 26.2 Å². The van der Waals surface area contributed by atoms with Gasteiger partial charge in [0, 0.05) is 12.6 Å². The molecule has 0 saturated carbocycles. The molecule has 1 fully saturated rings. The molecular formula is C14H30N2. The topological polar surface area (TPSA) is 15.3 Å². The Hall–Kier alpha value is -0.0800. The summed E-state index contributed by atoms with van der Waals surface area (Å²) in [6.45, 7) is 12.0. The summed E-state index contributed by atoms with van der Waals surface area (Å²) >= 11 is 0. The summed E-state index contributed by atoms with van der Waals surface area (Å²) in [6, 6.07) is 0.784. The number of unbranched alkanes of at least 4 members (excludes halogenated alkanes) is 2. The van der Waals surface area contributed by atoms with Crippen LogP contribution >= 0.6 is 0 Å². The van der Waals surface area contributed by atoms with E-state index < -0.39 is 0 Å². The van der Waals surface area contributed by atoms with Crippen molar-refractivity contribution in [1.29, 1.82) is 0 Å². The smallest absolute Gasteiger partial charge is 0.00670 e. The first kappa shape index (κ1) is 14.0. The predicted molar refractivity (Wildman–Crippen MR) is 71.8 cm³/mol. The molecule has 1 rings (SSSR count). The average molecular weight is 226 g/mol. The molecule has 0 aliphatic carbocycles. The summed E-state index contributed by atoms with van der Waals surface area (Å²) < 4.78 is 0. The fraction of sp³-hybridized carbons (Fsp3) is 1.00. The molecule has 2 atom stereocenters. The van der Waals surface area contributed by atoms with E-state index >= 15 is 0 Å². The van der Waals surface area contributed by atoms with Crippen LogP contribution in [0.2, 0.25) is 0 Å². The monoisotopic (exact) mass is 226 g/mol. The lowest BCUT2D eigenvalue weighted by Crippen LogP contribution is -2.43. The fourth-order valence-corrected chi connectivity index (χ4v) is 2.58. The molecule has 1 N–H and O–H groups in total. The molecule has 0 radical (unpaired) electrons. The second-order valence-electron chi connectivity index (χ2n) is 5.50. The Morgan fingerprint density at radius 3 is 2.94 bits per heavy atom. The van der Waals surface area contributed by atoms with Crippen molar-refractivity contribution in [2.45, 2.75) is 58.9 Å². The van der Waals surface area contributed by atoms with E-state index in [-0.39, 0.29) is 0 Å². The third-order valence-electron chi connectivity index (χ3n) is 3.69. The lowest BCUT2D eigenvalue weighted by atomic mass is 10.0. The van der Waals surface area contributed by atoms with Crippen molar-refractivity contribution < 1.29 is 0 Å². The second kappa shape index (κ2) is 8.08. The van der Waals surface area contributed by atoms with Crippen molar-refractivity contribution in [3.63, 3.8) is 0 Å². The summed E-state index contributed by atoms with van der Waals surface area (Å²) in [5.74, 6) is 0.800. The maximum atomic E-state index is 3.52. The van der Waals surface area contributed by atoms with Gasteiger partial charge in [0.2, 0.25) is 0 Å². The molecule has 1 saturated heterocycles. The van der Waals surface area contributed by atoms with Gasteiger partial charge in [0.25, 0.3) is 0 Å². The summed E-state index contributed by atoms with van der Waals surface area (Å²) in [5, 5.41) is 3.52. The van der Waals surface area contributed by atoms with E-state index in [4.69, 9.17) is 0 Å². The summed E-state index contributed by atoms with van der Waals surface area (Å²) in [7, 11) is 0. The lowest BCUT2D eigenvalue weighted by molar-refractivity contribution is 0.157. The Kier molecular flexibility index (Phi) is 7.06. The second-order valence-corrected chi connectivity index (χ2v) is 5.50. The van der Waals surface area contributed by atoms with Crippen LogP contribution in [-0.2, 0) is 0 Å². The normalized spacial score (nSPS) is 26.1. The Balaban J connectivity index is 2.29. The first-order valence-electron chi connectivity index (χ1n) is 7.18. The van der Waals surface area contributed by atoms with Crippen molar-refractivity contribution in [2.24, 2.45) is 5.92 Å². The minimum Gasteiger partial charge on any atom is -0.316 e. The average Bonchev–Trinajstić information content (AvgIpc) is 2.23. The van der Waals surface area contributed by atoms with E-state index in [1.54, 1.807) is 0 Å². The van der Waals surface area contributed by atoms with Crippen LogP contribution in [0.3, 0.4) is 0 Å². The molecule has 0 spiro atoms. The third kappa shape index (κ3) is 5.31. The highest BCUT2D eigenvalue weighted by Crippen LogP contribution is 2.13. The van der Waals surface area contributed by atoms with Crippen LogP contribution in [0.15, 0.2) is 0 Å². The van der Waals surface area contributed by atoms with Gasteiger partial charge in [-0.25, -0.2) is 0 Å². The number of hydrogen-bond acceptors (Lipinski definition) is 2. The van der Waals surface area contributed by atoms with Gasteiger partial charge >= 0.3 is 0 Å².